The number of urea groups is 1. The van der Waals surface area contributed by atoms with Gasteiger partial charge in [-0.1, -0.05) is 18.9 Å². The molecule has 126 valence electrons. The average Bonchev–Trinajstić information content (AvgIpc) is 2.91. The minimum atomic E-state index is -0.301. The molecular formula is C17H22N6O. The molecule has 1 saturated heterocycles. The van der Waals surface area contributed by atoms with E-state index in [0.29, 0.717) is 12.4 Å². The van der Waals surface area contributed by atoms with Crippen molar-refractivity contribution in [3.63, 3.8) is 0 Å². The van der Waals surface area contributed by atoms with Crippen LogP contribution in [0.1, 0.15) is 31.2 Å². The summed E-state index contributed by atoms with van der Waals surface area (Å²) in [5.74, 6) is 1.49. The summed E-state index contributed by atoms with van der Waals surface area (Å²) < 4.78 is 0. The fraction of sp³-hybridized carbons (Fsp3) is 0.412. The molecule has 2 N–H and O–H groups in total. The summed E-state index contributed by atoms with van der Waals surface area (Å²) in [6, 6.07) is 5.38. The molecule has 7 nitrogen and oxygen atoms in total. The largest absolute Gasteiger partial charge is 0.357 e. The minimum Gasteiger partial charge on any atom is -0.357 e. The number of aromatic nitrogens is 3. The summed E-state index contributed by atoms with van der Waals surface area (Å²) >= 11 is 0. The molecule has 2 aromatic rings. The van der Waals surface area contributed by atoms with Crippen molar-refractivity contribution < 1.29 is 4.79 Å². The first-order valence-electron chi connectivity index (χ1n) is 8.32. The Morgan fingerprint density at radius 2 is 1.92 bits per heavy atom. The summed E-state index contributed by atoms with van der Waals surface area (Å²) in [6.45, 7) is 2.57. The van der Waals surface area contributed by atoms with Gasteiger partial charge in [0.2, 0.25) is 0 Å². The summed E-state index contributed by atoms with van der Waals surface area (Å²) in [5, 5.41) is 5.44. The van der Waals surface area contributed by atoms with Crippen molar-refractivity contribution in [2.45, 2.75) is 32.2 Å². The van der Waals surface area contributed by atoms with Gasteiger partial charge in [-0.25, -0.2) is 19.7 Å². The van der Waals surface area contributed by atoms with Crippen molar-refractivity contribution in [2.24, 2.45) is 0 Å². The monoisotopic (exact) mass is 326 g/mol. The number of amides is 2. The van der Waals surface area contributed by atoms with Crippen LogP contribution >= 0.6 is 0 Å². The lowest BCUT2D eigenvalue weighted by atomic mass is 10.2. The topological polar surface area (TPSA) is 83.0 Å². The number of anilines is 2. The number of rotatable bonds is 4. The molecular weight excluding hydrogens is 304 g/mol. The van der Waals surface area contributed by atoms with Crippen molar-refractivity contribution >= 4 is 17.7 Å². The van der Waals surface area contributed by atoms with Gasteiger partial charge < -0.3 is 10.2 Å². The van der Waals surface area contributed by atoms with E-state index in [-0.39, 0.29) is 6.03 Å². The number of hydrogen-bond acceptors (Lipinski definition) is 5. The van der Waals surface area contributed by atoms with E-state index in [1.807, 2.05) is 18.3 Å². The highest BCUT2D eigenvalue weighted by molar-refractivity contribution is 5.87. The van der Waals surface area contributed by atoms with Crippen LogP contribution in [-0.4, -0.2) is 34.1 Å². The Labute approximate surface area is 141 Å². The lowest BCUT2D eigenvalue weighted by Gasteiger charge is -2.21. The number of hydrogen-bond donors (Lipinski definition) is 2. The van der Waals surface area contributed by atoms with Gasteiger partial charge in [-0.15, -0.1) is 0 Å². The standard InChI is InChI=1S/C17H22N6O/c24-17(22-15-7-8-18-13-21-15)20-12-14-5-6-16(19-11-14)23-9-3-1-2-4-10-23/h5-8,11,13H,1-4,9-10,12H2,(H2,18,20,21,22,24). The van der Waals surface area contributed by atoms with Gasteiger partial charge >= 0.3 is 6.03 Å². The Morgan fingerprint density at radius 1 is 1.08 bits per heavy atom. The molecule has 3 rings (SSSR count). The van der Waals surface area contributed by atoms with Crippen LogP contribution in [0.25, 0.3) is 0 Å². The second-order valence-corrected chi connectivity index (χ2v) is 5.83. The van der Waals surface area contributed by atoms with Crippen LogP contribution in [0.5, 0.6) is 0 Å². The highest BCUT2D eigenvalue weighted by atomic mass is 16.2. The van der Waals surface area contributed by atoms with E-state index >= 15 is 0 Å². The van der Waals surface area contributed by atoms with Crippen molar-refractivity contribution in [3.8, 4) is 0 Å². The van der Waals surface area contributed by atoms with Crippen molar-refractivity contribution in [2.75, 3.05) is 23.3 Å². The molecule has 2 amide bonds. The number of pyridine rings is 1. The van der Waals surface area contributed by atoms with Crippen LogP contribution in [-0.2, 0) is 6.54 Å². The third-order valence-corrected chi connectivity index (χ3v) is 4.02. The van der Waals surface area contributed by atoms with Gasteiger partial charge in [-0.3, -0.25) is 5.32 Å². The molecule has 0 unspecified atom stereocenters. The molecule has 2 aromatic heterocycles. The van der Waals surface area contributed by atoms with Crippen LogP contribution in [0.3, 0.4) is 0 Å². The zero-order valence-electron chi connectivity index (χ0n) is 13.6. The van der Waals surface area contributed by atoms with Crippen molar-refractivity contribution in [3.05, 3.63) is 42.5 Å². The molecule has 0 aliphatic carbocycles. The first-order chi connectivity index (χ1) is 11.8. The van der Waals surface area contributed by atoms with E-state index in [9.17, 15) is 4.79 Å². The maximum Gasteiger partial charge on any atom is 0.320 e. The molecule has 0 radical (unpaired) electrons. The zero-order valence-corrected chi connectivity index (χ0v) is 13.6. The van der Waals surface area contributed by atoms with Crippen molar-refractivity contribution in [1.29, 1.82) is 0 Å². The van der Waals surface area contributed by atoms with E-state index in [2.05, 4.69) is 30.5 Å². The molecule has 24 heavy (non-hydrogen) atoms. The summed E-state index contributed by atoms with van der Waals surface area (Å²) in [4.78, 5) is 26.5. The maximum atomic E-state index is 11.8. The smallest absolute Gasteiger partial charge is 0.320 e. The van der Waals surface area contributed by atoms with Crippen LogP contribution in [0, 0.1) is 0 Å². The van der Waals surface area contributed by atoms with E-state index in [4.69, 9.17) is 0 Å². The molecule has 1 fully saturated rings. The summed E-state index contributed by atoms with van der Waals surface area (Å²) in [5.41, 5.74) is 0.964. The SMILES string of the molecule is O=C(NCc1ccc(N2CCCCCC2)nc1)Nc1ccncn1. The van der Waals surface area contributed by atoms with Crippen LogP contribution < -0.4 is 15.5 Å². The molecule has 7 heteroatoms. The van der Waals surface area contributed by atoms with Crippen molar-refractivity contribution in [1.82, 2.24) is 20.3 Å². The zero-order chi connectivity index (χ0) is 16.6. The maximum absolute atomic E-state index is 11.8. The molecule has 1 aliphatic heterocycles. The van der Waals surface area contributed by atoms with Gasteiger partial charge in [-0.2, -0.15) is 0 Å². The molecule has 0 spiro atoms. The average molecular weight is 326 g/mol. The van der Waals surface area contributed by atoms with Gasteiger partial charge in [0.25, 0.3) is 0 Å². The molecule has 3 heterocycles. The third-order valence-electron chi connectivity index (χ3n) is 4.02. The fourth-order valence-corrected chi connectivity index (χ4v) is 2.72. The second kappa shape index (κ2) is 8.24. The number of carbonyl (C=O) groups is 1. The van der Waals surface area contributed by atoms with Gasteiger partial charge in [0.1, 0.15) is 18.0 Å². The minimum absolute atomic E-state index is 0.301. The Bertz CT molecular complexity index is 638. The van der Waals surface area contributed by atoms with E-state index in [1.54, 1.807) is 12.3 Å². The predicted molar refractivity (Wildman–Crippen MR) is 92.8 cm³/mol. The molecule has 0 aromatic carbocycles. The second-order valence-electron chi connectivity index (χ2n) is 5.83. The molecule has 0 atom stereocenters. The lowest BCUT2D eigenvalue weighted by molar-refractivity contribution is 0.251. The summed E-state index contributed by atoms with van der Waals surface area (Å²) in [6.07, 6.45) is 9.86. The van der Waals surface area contributed by atoms with E-state index < -0.39 is 0 Å². The Morgan fingerprint density at radius 3 is 2.58 bits per heavy atom. The molecule has 0 saturated carbocycles. The highest BCUT2D eigenvalue weighted by Crippen LogP contribution is 2.17. The van der Waals surface area contributed by atoms with E-state index in [0.717, 1.165) is 24.5 Å². The van der Waals surface area contributed by atoms with Gasteiger partial charge in [0, 0.05) is 32.0 Å². The first-order valence-corrected chi connectivity index (χ1v) is 8.32. The van der Waals surface area contributed by atoms with Gasteiger partial charge in [-0.05, 0) is 30.5 Å². The van der Waals surface area contributed by atoms with Gasteiger partial charge in [0.05, 0.1) is 0 Å². The molecule has 1 aliphatic rings. The number of nitrogens with zero attached hydrogens (tertiary/aromatic N) is 4. The Balaban J connectivity index is 1.49. The number of nitrogens with one attached hydrogen (secondary N) is 2. The normalized spacial score (nSPS) is 14.8. The first kappa shape index (κ1) is 16.2. The number of carbonyl (C=O) groups excluding carboxylic acids is 1. The molecule has 0 bridgehead atoms. The highest BCUT2D eigenvalue weighted by Gasteiger charge is 2.11. The van der Waals surface area contributed by atoms with E-state index in [1.165, 1.54) is 32.0 Å². The van der Waals surface area contributed by atoms with Crippen LogP contribution in [0.15, 0.2) is 36.9 Å². The fourth-order valence-electron chi connectivity index (χ4n) is 2.72. The van der Waals surface area contributed by atoms with Gasteiger partial charge in [0.15, 0.2) is 0 Å². The Kier molecular flexibility index (Phi) is 5.55. The lowest BCUT2D eigenvalue weighted by Crippen LogP contribution is -2.28. The van der Waals surface area contributed by atoms with Crippen LogP contribution in [0.4, 0.5) is 16.4 Å². The summed E-state index contributed by atoms with van der Waals surface area (Å²) in [7, 11) is 0. The predicted octanol–water partition coefficient (Wildman–Crippen LogP) is 2.57. The third kappa shape index (κ3) is 4.65. The quantitative estimate of drug-likeness (QED) is 0.902. The Hall–Kier alpha value is -2.70. The van der Waals surface area contributed by atoms with Crippen LogP contribution in [0.2, 0.25) is 0 Å².